The summed E-state index contributed by atoms with van der Waals surface area (Å²) in [5.41, 5.74) is 5.99. The van der Waals surface area contributed by atoms with E-state index in [9.17, 15) is 0 Å². The average Bonchev–Trinajstić information content (AvgIpc) is 2.39. The molecular weight excluding hydrogens is 228 g/mol. The molecule has 19 heavy (non-hydrogen) atoms. The van der Waals surface area contributed by atoms with Gasteiger partial charge in [0, 0.05) is 0 Å². The van der Waals surface area contributed by atoms with Crippen molar-refractivity contribution in [3.05, 3.63) is 53.1 Å². The maximum absolute atomic E-state index is 2.37. The zero-order chi connectivity index (χ0) is 13.8. The van der Waals surface area contributed by atoms with Crippen LogP contribution in [0, 0.1) is 18.8 Å². The van der Waals surface area contributed by atoms with E-state index in [-0.39, 0.29) is 0 Å². The first-order valence-electron chi connectivity index (χ1n) is 7.57. The molecule has 0 saturated carbocycles. The Balaban J connectivity index is 2.31. The summed E-state index contributed by atoms with van der Waals surface area (Å²) in [4.78, 5) is 0. The molecule has 0 heteroatoms. The van der Waals surface area contributed by atoms with Gasteiger partial charge in [-0.05, 0) is 54.7 Å². The summed E-state index contributed by atoms with van der Waals surface area (Å²) in [5, 5.41) is 0. The molecule has 0 amide bonds. The fourth-order valence-electron chi connectivity index (χ4n) is 3.08. The molecule has 1 aromatic carbocycles. The normalized spacial score (nSPS) is 19.3. The van der Waals surface area contributed by atoms with E-state index in [1.807, 2.05) is 0 Å². The van der Waals surface area contributed by atoms with Gasteiger partial charge in [-0.2, -0.15) is 0 Å². The third-order valence-corrected chi connectivity index (χ3v) is 4.07. The lowest BCUT2D eigenvalue weighted by Crippen LogP contribution is -2.09. The van der Waals surface area contributed by atoms with E-state index < -0.39 is 0 Å². The molecule has 0 nitrogen and oxygen atoms in total. The molecule has 0 radical (unpaired) electrons. The summed E-state index contributed by atoms with van der Waals surface area (Å²) in [6, 6.07) is 8.77. The second kappa shape index (κ2) is 6.23. The Morgan fingerprint density at radius 1 is 1.16 bits per heavy atom. The summed E-state index contributed by atoms with van der Waals surface area (Å²) < 4.78 is 0. The third-order valence-electron chi connectivity index (χ3n) is 4.07. The van der Waals surface area contributed by atoms with Crippen LogP contribution in [0.4, 0.5) is 0 Å². The lowest BCUT2D eigenvalue weighted by molar-refractivity contribution is 0.567. The third kappa shape index (κ3) is 3.37. The average molecular weight is 254 g/mol. The highest BCUT2D eigenvalue weighted by Gasteiger charge is 2.20. The monoisotopic (exact) mass is 254 g/mol. The van der Waals surface area contributed by atoms with Crippen molar-refractivity contribution in [2.24, 2.45) is 11.8 Å². The highest BCUT2D eigenvalue weighted by atomic mass is 14.2. The van der Waals surface area contributed by atoms with Gasteiger partial charge in [0.2, 0.25) is 0 Å². The molecule has 0 spiro atoms. The van der Waals surface area contributed by atoms with Gasteiger partial charge < -0.3 is 0 Å². The number of hydrogen-bond acceptors (Lipinski definition) is 0. The van der Waals surface area contributed by atoms with Crippen molar-refractivity contribution in [3.63, 3.8) is 0 Å². The molecule has 1 unspecified atom stereocenters. The van der Waals surface area contributed by atoms with Gasteiger partial charge in [0.05, 0.1) is 0 Å². The smallest absolute Gasteiger partial charge is 0.0121 e. The fraction of sp³-hybridized carbons (Fsp3) is 0.474. The van der Waals surface area contributed by atoms with Crippen LogP contribution in [-0.2, 0) is 0 Å². The van der Waals surface area contributed by atoms with Crippen LogP contribution in [0.5, 0.6) is 0 Å². The van der Waals surface area contributed by atoms with E-state index in [1.54, 1.807) is 5.57 Å². The van der Waals surface area contributed by atoms with Crippen LogP contribution in [0.3, 0.4) is 0 Å². The summed E-state index contributed by atoms with van der Waals surface area (Å²) in [5.74, 6) is 1.46. The SMILES string of the molecule is CCC1CC(CC(C)C)=CC=C1c1ccccc1C. The van der Waals surface area contributed by atoms with E-state index >= 15 is 0 Å². The van der Waals surface area contributed by atoms with Crippen LogP contribution in [0.25, 0.3) is 5.57 Å². The Hall–Kier alpha value is -1.30. The molecule has 2 rings (SSSR count). The van der Waals surface area contributed by atoms with Crippen molar-refractivity contribution >= 4 is 5.57 Å². The van der Waals surface area contributed by atoms with Crippen LogP contribution >= 0.6 is 0 Å². The molecule has 0 fully saturated rings. The van der Waals surface area contributed by atoms with Crippen molar-refractivity contribution in [2.45, 2.75) is 47.0 Å². The van der Waals surface area contributed by atoms with Crippen LogP contribution in [-0.4, -0.2) is 0 Å². The minimum atomic E-state index is 0.694. The van der Waals surface area contributed by atoms with Crippen LogP contribution in [0.1, 0.15) is 51.2 Å². The van der Waals surface area contributed by atoms with Crippen molar-refractivity contribution in [2.75, 3.05) is 0 Å². The Kier molecular flexibility index (Phi) is 4.63. The van der Waals surface area contributed by atoms with E-state index in [1.165, 1.54) is 36.0 Å². The molecular formula is C19H26. The minimum Gasteiger partial charge on any atom is -0.0693 e. The second-order valence-electron chi connectivity index (χ2n) is 6.17. The van der Waals surface area contributed by atoms with Crippen LogP contribution < -0.4 is 0 Å². The summed E-state index contributed by atoms with van der Waals surface area (Å²) in [6.45, 7) is 9.15. The Morgan fingerprint density at radius 3 is 2.53 bits per heavy atom. The summed E-state index contributed by atoms with van der Waals surface area (Å²) >= 11 is 0. The Labute approximate surface area is 118 Å². The highest BCUT2D eigenvalue weighted by Crippen LogP contribution is 2.37. The summed E-state index contributed by atoms with van der Waals surface area (Å²) in [7, 11) is 0. The molecule has 0 aromatic heterocycles. The van der Waals surface area contributed by atoms with E-state index in [4.69, 9.17) is 0 Å². The van der Waals surface area contributed by atoms with Gasteiger partial charge in [0.1, 0.15) is 0 Å². The highest BCUT2D eigenvalue weighted by molar-refractivity contribution is 5.72. The van der Waals surface area contributed by atoms with Crippen molar-refractivity contribution in [1.82, 2.24) is 0 Å². The number of benzene rings is 1. The number of allylic oxidation sites excluding steroid dienone is 4. The molecule has 0 saturated heterocycles. The lowest BCUT2D eigenvalue weighted by Gasteiger charge is -2.26. The molecule has 0 N–H and O–H groups in total. The zero-order valence-electron chi connectivity index (χ0n) is 12.7. The fourth-order valence-corrected chi connectivity index (χ4v) is 3.08. The van der Waals surface area contributed by atoms with Crippen molar-refractivity contribution < 1.29 is 0 Å². The van der Waals surface area contributed by atoms with Gasteiger partial charge in [0.15, 0.2) is 0 Å². The van der Waals surface area contributed by atoms with Gasteiger partial charge in [-0.25, -0.2) is 0 Å². The van der Waals surface area contributed by atoms with Crippen LogP contribution in [0.15, 0.2) is 42.0 Å². The Bertz CT molecular complexity index is 489. The van der Waals surface area contributed by atoms with Crippen molar-refractivity contribution in [3.8, 4) is 0 Å². The van der Waals surface area contributed by atoms with Gasteiger partial charge in [-0.3, -0.25) is 0 Å². The number of aryl methyl sites for hydroxylation is 1. The van der Waals surface area contributed by atoms with E-state index in [0.717, 1.165) is 5.92 Å². The molecule has 1 aliphatic rings. The topological polar surface area (TPSA) is 0 Å². The summed E-state index contributed by atoms with van der Waals surface area (Å²) in [6.07, 6.45) is 8.46. The Morgan fingerprint density at radius 2 is 1.89 bits per heavy atom. The van der Waals surface area contributed by atoms with Crippen molar-refractivity contribution in [1.29, 1.82) is 0 Å². The molecule has 1 aliphatic carbocycles. The molecule has 1 atom stereocenters. The molecule has 1 aromatic rings. The first-order chi connectivity index (χ1) is 9.11. The molecule has 0 heterocycles. The van der Waals surface area contributed by atoms with Gasteiger partial charge in [-0.1, -0.05) is 62.8 Å². The minimum absolute atomic E-state index is 0.694. The largest absolute Gasteiger partial charge is 0.0693 e. The predicted molar refractivity (Wildman–Crippen MR) is 85.1 cm³/mol. The maximum Gasteiger partial charge on any atom is -0.0121 e. The van der Waals surface area contributed by atoms with Gasteiger partial charge >= 0.3 is 0 Å². The lowest BCUT2D eigenvalue weighted by atomic mass is 9.79. The van der Waals surface area contributed by atoms with E-state index in [0.29, 0.717) is 5.92 Å². The quantitative estimate of drug-likeness (QED) is 0.639. The first kappa shape index (κ1) is 14.1. The predicted octanol–water partition coefficient (Wildman–Crippen LogP) is 5.78. The van der Waals surface area contributed by atoms with Crippen LogP contribution in [0.2, 0.25) is 0 Å². The van der Waals surface area contributed by atoms with E-state index in [2.05, 4.69) is 64.1 Å². The number of rotatable bonds is 4. The maximum atomic E-state index is 2.37. The second-order valence-corrected chi connectivity index (χ2v) is 6.17. The molecule has 0 bridgehead atoms. The molecule has 0 aliphatic heterocycles. The van der Waals surface area contributed by atoms with Gasteiger partial charge in [0.25, 0.3) is 0 Å². The first-order valence-corrected chi connectivity index (χ1v) is 7.57. The standard InChI is InChI=1S/C19H26/c1-5-17-13-16(12-14(2)3)10-11-19(17)18-9-7-6-8-15(18)4/h6-11,14,17H,5,12-13H2,1-4H3. The van der Waals surface area contributed by atoms with Gasteiger partial charge in [-0.15, -0.1) is 0 Å². The molecule has 102 valence electrons. The number of hydrogen-bond donors (Lipinski definition) is 0. The zero-order valence-corrected chi connectivity index (χ0v) is 12.7.